The molecule has 8 nitrogen and oxygen atoms in total. The normalized spacial score (nSPS) is 14.9. The topological polar surface area (TPSA) is 116 Å². The van der Waals surface area contributed by atoms with E-state index in [0.29, 0.717) is 6.54 Å². The molecule has 0 unspecified atom stereocenters. The molecule has 0 saturated carbocycles. The first-order valence-corrected chi connectivity index (χ1v) is 8.84. The molecule has 0 aromatic heterocycles. The van der Waals surface area contributed by atoms with Gasteiger partial charge in [0.2, 0.25) is 5.91 Å². The predicted octanol–water partition coefficient (Wildman–Crippen LogP) is 0.794. The SMILES string of the molecule is CC(C)CNC(=O)C1=NN(Cc2ccccc2S(=O)(=O)O)C(=O)C1. The van der Waals surface area contributed by atoms with E-state index in [4.69, 9.17) is 0 Å². The lowest BCUT2D eigenvalue weighted by Gasteiger charge is -2.13. The molecule has 0 aliphatic carbocycles. The highest BCUT2D eigenvalue weighted by molar-refractivity contribution is 7.85. The number of carbonyl (C=O) groups excluding carboxylic acids is 2. The third-order valence-electron chi connectivity index (χ3n) is 3.35. The van der Waals surface area contributed by atoms with Crippen LogP contribution in [0.4, 0.5) is 0 Å². The summed E-state index contributed by atoms with van der Waals surface area (Å²) in [5.41, 5.74) is 0.311. The zero-order chi connectivity index (χ0) is 17.9. The molecule has 0 spiro atoms. The molecule has 0 bridgehead atoms. The molecule has 0 fully saturated rings. The molecule has 2 amide bonds. The fraction of sp³-hybridized carbons (Fsp3) is 0.400. The Morgan fingerprint density at radius 2 is 2.04 bits per heavy atom. The third kappa shape index (κ3) is 4.39. The van der Waals surface area contributed by atoms with Crippen molar-refractivity contribution in [3.05, 3.63) is 29.8 Å². The molecule has 1 aromatic carbocycles. The fourth-order valence-electron chi connectivity index (χ4n) is 2.17. The molecule has 1 aliphatic heterocycles. The van der Waals surface area contributed by atoms with Gasteiger partial charge in [0.05, 0.1) is 17.9 Å². The van der Waals surface area contributed by atoms with Gasteiger partial charge in [0.15, 0.2) is 0 Å². The van der Waals surface area contributed by atoms with Gasteiger partial charge in [-0.25, -0.2) is 5.01 Å². The summed E-state index contributed by atoms with van der Waals surface area (Å²) in [6.45, 7) is 4.22. The Hall–Kier alpha value is -2.26. The molecule has 1 aliphatic rings. The number of nitrogens with one attached hydrogen (secondary N) is 1. The standard InChI is InChI=1S/C15H19N3O5S/c1-10(2)8-16-15(20)12-7-14(19)18(17-12)9-11-5-3-4-6-13(11)24(21,22)23/h3-6,10H,7-9H2,1-2H3,(H,16,20)(H,21,22,23). The van der Waals surface area contributed by atoms with Gasteiger partial charge in [-0.2, -0.15) is 13.5 Å². The van der Waals surface area contributed by atoms with Crippen molar-refractivity contribution < 1.29 is 22.6 Å². The van der Waals surface area contributed by atoms with Gasteiger partial charge >= 0.3 is 0 Å². The van der Waals surface area contributed by atoms with Crippen molar-refractivity contribution in [3.8, 4) is 0 Å². The lowest BCUT2D eigenvalue weighted by Crippen LogP contribution is -2.33. The van der Waals surface area contributed by atoms with E-state index in [1.807, 2.05) is 13.8 Å². The van der Waals surface area contributed by atoms with Gasteiger partial charge in [-0.1, -0.05) is 32.0 Å². The van der Waals surface area contributed by atoms with Crippen LogP contribution < -0.4 is 5.32 Å². The summed E-state index contributed by atoms with van der Waals surface area (Å²) in [5.74, 6) is -0.554. The predicted molar refractivity (Wildman–Crippen MR) is 86.7 cm³/mol. The van der Waals surface area contributed by atoms with Crippen LogP contribution in [0.1, 0.15) is 25.8 Å². The number of hydrogen-bond acceptors (Lipinski definition) is 5. The zero-order valence-corrected chi connectivity index (χ0v) is 14.2. The van der Waals surface area contributed by atoms with Gasteiger partial charge in [-0.15, -0.1) is 0 Å². The number of carbonyl (C=O) groups is 2. The minimum atomic E-state index is -4.41. The first-order chi connectivity index (χ1) is 11.2. The van der Waals surface area contributed by atoms with Crippen molar-refractivity contribution >= 4 is 27.6 Å². The number of hydrazone groups is 1. The van der Waals surface area contributed by atoms with Gasteiger partial charge in [-0.05, 0) is 17.5 Å². The average Bonchev–Trinajstić information content (AvgIpc) is 2.85. The Bertz CT molecular complexity index is 786. The first-order valence-electron chi connectivity index (χ1n) is 7.40. The smallest absolute Gasteiger partial charge is 0.294 e. The maximum atomic E-state index is 12.0. The van der Waals surface area contributed by atoms with Gasteiger partial charge in [0.25, 0.3) is 16.0 Å². The first kappa shape index (κ1) is 18.1. The third-order valence-corrected chi connectivity index (χ3v) is 4.31. The van der Waals surface area contributed by atoms with Crippen LogP contribution in [0.15, 0.2) is 34.3 Å². The van der Waals surface area contributed by atoms with Crippen LogP contribution in [0, 0.1) is 5.92 Å². The van der Waals surface area contributed by atoms with E-state index in [-0.39, 0.29) is 35.1 Å². The van der Waals surface area contributed by atoms with E-state index < -0.39 is 21.9 Å². The maximum Gasteiger partial charge on any atom is 0.294 e. The van der Waals surface area contributed by atoms with Crippen molar-refractivity contribution in [2.45, 2.75) is 31.7 Å². The summed E-state index contributed by atoms with van der Waals surface area (Å²) < 4.78 is 32.0. The van der Waals surface area contributed by atoms with E-state index >= 15 is 0 Å². The molecule has 130 valence electrons. The highest BCUT2D eigenvalue weighted by Gasteiger charge is 2.29. The summed E-state index contributed by atoms with van der Waals surface area (Å²) in [4.78, 5) is 23.7. The number of benzene rings is 1. The number of amides is 2. The van der Waals surface area contributed by atoms with E-state index in [9.17, 15) is 22.6 Å². The Balaban J connectivity index is 2.17. The zero-order valence-electron chi connectivity index (χ0n) is 13.4. The molecule has 0 atom stereocenters. The summed E-state index contributed by atoms with van der Waals surface area (Å²) >= 11 is 0. The minimum absolute atomic E-state index is 0.0880. The minimum Gasteiger partial charge on any atom is -0.351 e. The van der Waals surface area contributed by atoms with Crippen molar-refractivity contribution in [3.63, 3.8) is 0 Å². The molecule has 1 heterocycles. The van der Waals surface area contributed by atoms with Crippen LogP contribution in [0.25, 0.3) is 0 Å². The number of hydrogen-bond donors (Lipinski definition) is 2. The molecular weight excluding hydrogens is 334 g/mol. The maximum absolute atomic E-state index is 12.0. The Labute approximate surface area is 140 Å². The monoisotopic (exact) mass is 353 g/mol. The van der Waals surface area contributed by atoms with Crippen LogP contribution >= 0.6 is 0 Å². The van der Waals surface area contributed by atoms with Gasteiger partial charge in [0, 0.05) is 6.54 Å². The van der Waals surface area contributed by atoms with Gasteiger partial charge < -0.3 is 5.32 Å². The van der Waals surface area contributed by atoms with Crippen LogP contribution in [0.5, 0.6) is 0 Å². The molecule has 2 N–H and O–H groups in total. The Morgan fingerprint density at radius 3 is 2.67 bits per heavy atom. The highest BCUT2D eigenvalue weighted by Crippen LogP contribution is 2.20. The van der Waals surface area contributed by atoms with Crippen LogP contribution in [-0.2, 0) is 26.3 Å². The van der Waals surface area contributed by atoms with Gasteiger partial charge in [0.1, 0.15) is 5.71 Å². The quantitative estimate of drug-likeness (QED) is 0.734. The lowest BCUT2D eigenvalue weighted by molar-refractivity contribution is -0.129. The van der Waals surface area contributed by atoms with E-state index in [1.165, 1.54) is 18.2 Å². The van der Waals surface area contributed by atoms with Crippen LogP contribution in [0.3, 0.4) is 0 Å². The summed E-state index contributed by atoms with van der Waals surface area (Å²) in [6.07, 6.45) is -0.141. The fourth-order valence-corrected chi connectivity index (χ4v) is 2.88. The molecule has 0 radical (unpaired) electrons. The van der Waals surface area contributed by atoms with E-state index in [1.54, 1.807) is 6.07 Å². The van der Waals surface area contributed by atoms with Crippen molar-refractivity contribution in [2.75, 3.05) is 6.54 Å². The van der Waals surface area contributed by atoms with E-state index in [0.717, 1.165) is 5.01 Å². The second kappa shape index (κ2) is 7.10. The molecule has 2 rings (SSSR count). The number of nitrogens with zero attached hydrogens (tertiary/aromatic N) is 2. The molecule has 9 heteroatoms. The molecule has 24 heavy (non-hydrogen) atoms. The van der Waals surface area contributed by atoms with Crippen molar-refractivity contribution in [1.29, 1.82) is 0 Å². The number of rotatable bonds is 6. The largest absolute Gasteiger partial charge is 0.351 e. The van der Waals surface area contributed by atoms with Crippen LogP contribution in [-0.4, -0.2) is 42.1 Å². The highest BCUT2D eigenvalue weighted by atomic mass is 32.2. The molecule has 1 aromatic rings. The molecule has 0 saturated heterocycles. The molecular formula is C15H19N3O5S. The second-order valence-electron chi connectivity index (χ2n) is 5.86. The second-order valence-corrected chi connectivity index (χ2v) is 7.25. The Morgan fingerprint density at radius 1 is 1.38 bits per heavy atom. The summed E-state index contributed by atoms with van der Waals surface area (Å²) in [6, 6.07) is 5.77. The van der Waals surface area contributed by atoms with Gasteiger partial charge in [-0.3, -0.25) is 14.1 Å². The summed E-state index contributed by atoms with van der Waals surface area (Å²) in [5, 5.41) is 7.69. The van der Waals surface area contributed by atoms with E-state index in [2.05, 4.69) is 10.4 Å². The Kier molecular flexibility index (Phi) is 5.35. The average molecular weight is 353 g/mol. The summed E-state index contributed by atoms with van der Waals surface area (Å²) in [7, 11) is -4.41. The van der Waals surface area contributed by atoms with Crippen molar-refractivity contribution in [2.24, 2.45) is 11.0 Å². The lowest BCUT2D eigenvalue weighted by atomic mass is 10.2. The van der Waals surface area contributed by atoms with Crippen LogP contribution in [0.2, 0.25) is 0 Å². The van der Waals surface area contributed by atoms with Crippen molar-refractivity contribution in [1.82, 2.24) is 10.3 Å².